The molecule has 4 nitrogen and oxygen atoms in total. The van der Waals surface area contributed by atoms with Crippen molar-refractivity contribution in [3.63, 3.8) is 0 Å². The number of methoxy groups -OCH3 is 1. The maximum atomic E-state index is 11.9. The predicted octanol–water partition coefficient (Wildman–Crippen LogP) is 3.00. The highest BCUT2D eigenvalue weighted by molar-refractivity contribution is 5.69. The number of ether oxygens (including phenoxy) is 2. The minimum atomic E-state index is -0.430. The van der Waals surface area contributed by atoms with Gasteiger partial charge in [0.25, 0.3) is 0 Å². The van der Waals surface area contributed by atoms with E-state index in [0.717, 1.165) is 38.5 Å². The first-order chi connectivity index (χ1) is 8.28. The van der Waals surface area contributed by atoms with Crippen LogP contribution in [-0.2, 0) is 9.47 Å². The van der Waals surface area contributed by atoms with Gasteiger partial charge in [0.05, 0.1) is 5.60 Å². The van der Waals surface area contributed by atoms with E-state index in [4.69, 9.17) is 9.47 Å². The fraction of sp³-hybridized carbons (Fsp3) is 0.929. The summed E-state index contributed by atoms with van der Waals surface area (Å²) >= 11 is 0. The highest BCUT2D eigenvalue weighted by atomic mass is 16.6. The van der Waals surface area contributed by atoms with E-state index in [0.29, 0.717) is 0 Å². The summed E-state index contributed by atoms with van der Waals surface area (Å²) in [6.45, 7) is 5.67. The first kappa shape index (κ1) is 13.7. The largest absolute Gasteiger partial charge is 0.444 e. The quantitative estimate of drug-likeness (QED) is 0.825. The Labute approximate surface area is 109 Å². The lowest BCUT2D eigenvalue weighted by Gasteiger charge is -2.52. The molecule has 18 heavy (non-hydrogen) atoms. The predicted molar refractivity (Wildman–Crippen MR) is 69.5 cm³/mol. The van der Waals surface area contributed by atoms with Crippen LogP contribution in [0.2, 0.25) is 0 Å². The summed E-state index contributed by atoms with van der Waals surface area (Å²) in [7, 11) is 1.81. The minimum absolute atomic E-state index is 0.0530. The first-order valence-electron chi connectivity index (χ1n) is 6.85. The van der Waals surface area contributed by atoms with E-state index < -0.39 is 5.60 Å². The molecule has 2 bridgehead atoms. The van der Waals surface area contributed by atoms with Crippen LogP contribution in [0.25, 0.3) is 0 Å². The van der Waals surface area contributed by atoms with Gasteiger partial charge in [0.15, 0.2) is 0 Å². The summed E-state index contributed by atoms with van der Waals surface area (Å²) in [4.78, 5) is 11.9. The second-order valence-corrected chi connectivity index (χ2v) is 6.79. The normalized spacial score (nSPS) is 35.3. The van der Waals surface area contributed by atoms with Gasteiger partial charge < -0.3 is 14.8 Å². The van der Waals surface area contributed by atoms with Crippen LogP contribution in [0, 0.1) is 0 Å². The smallest absolute Gasteiger partial charge is 0.408 e. The van der Waals surface area contributed by atoms with Crippen molar-refractivity contribution in [3.8, 4) is 0 Å². The molecule has 0 atom stereocenters. The van der Waals surface area contributed by atoms with Gasteiger partial charge in [0.2, 0.25) is 0 Å². The van der Waals surface area contributed by atoms with Gasteiger partial charge in [-0.1, -0.05) is 0 Å². The second-order valence-electron chi connectivity index (χ2n) is 6.79. The molecular formula is C14H25NO3. The van der Waals surface area contributed by atoms with Gasteiger partial charge in [-0.25, -0.2) is 4.79 Å². The number of amides is 1. The van der Waals surface area contributed by atoms with E-state index in [1.165, 1.54) is 0 Å². The van der Waals surface area contributed by atoms with Crippen molar-refractivity contribution in [3.05, 3.63) is 0 Å². The van der Waals surface area contributed by atoms with Gasteiger partial charge >= 0.3 is 6.09 Å². The molecule has 4 heteroatoms. The van der Waals surface area contributed by atoms with E-state index in [1.54, 1.807) is 7.11 Å². The Bertz CT molecular complexity index is 308. The summed E-state index contributed by atoms with van der Waals surface area (Å²) in [5, 5.41) is 3.10. The van der Waals surface area contributed by atoms with Crippen LogP contribution in [0.1, 0.15) is 59.3 Å². The molecule has 0 unspecified atom stereocenters. The lowest BCUT2D eigenvalue weighted by Crippen LogP contribution is -2.59. The van der Waals surface area contributed by atoms with E-state index in [9.17, 15) is 4.79 Å². The second kappa shape index (κ2) is 4.41. The highest BCUT2D eigenvalue weighted by Gasteiger charge is 2.49. The Balaban J connectivity index is 1.93. The molecule has 3 rings (SSSR count). The van der Waals surface area contributed by atoms with Crippen LogP contribution in [0.15, 0.2) is 0 Å². The van der Waals surface area contributed by atoms with E-state index in [1.807, 2.05) is 20.8 Å². The lowest BCUT2D eigenvalue weighted by molar-refractivity contribution is -0.100. The Kier molecular flexibility index (Phi) is 3.34. The number of carbonyl (C=O) groups excluding carboxylic acids is 1. The number of alkyl carbamates (subject to hydrolysis) is 1. The molecule has 0 heterocycles. The van der Waals surface area contributed by atoms with Gasteiger partial charge in [-0.15, -0.1) is 0 Å². The van der Waals surface area contributed by atoms with Crippen LogP contribution >= 0.6 is 0 Å². The highest BCUT2D eigenvalue weighted by Crippen LogP contribution is 2.48. The number of hydrogen-bond acceptors (Lipinski definition) is 3. The van der Waals surface area contributed by atoms with E-state index in [-0.39, 0.29) is 17.2 Å². The molecule has 3 aliphatic rings. The molecule has 1 amide bonds. The molecule has 0 aromatic heterocycles. The van der Waals surface area contributed by atoms with Crippen LogP contribution in [-0.4, -0.2) is 29.9 Å². The maximum absolute atomic E-state index is 11.9. The molecule has 0 radical (unpaired) electrons. The maximum Gasteiger partial charge on any atom is 0.408 e. The van der Waals surface area contributed by atoms with Crippen molar-refractivity contribution in [1.29, 1.82) is 0 Å². The van der Waals surface area contributed by atoms with Crippen LogP contribution in [0.3, 0.4) is 0 Å². The Morgan fingerprint density at radius 2 is 1.56 bits per heavy atom. The third-order valence-electron chi connectivity index (χ3n) is 4.38. The van der Waals surface area contributed by atoms with Gasteiger partial charge in [-0.05, 0) is 59.3 Å². The molecule has 3 fully saturated rings. The average molecular weight is 255 g/mol. The number of carbonyl (C=O) groups is 1. The molecule has 0 spiro atoms. The van der Waals surface area contributed by atoms with Gasteiger partial charge in [0.1, 0.15) is 5.60 Å². The van der Waals surface area contributed by atoms with Gasteiger partial charge in [-0.3, -0.25) is 0 Å². The third-order valence-corrected chi connectivity index (χ3v) is 4.38. The molecule has 3 saturated carbocycles. The van der Waals surface area contributed by atoms with Crippen molar-refractivity contribution >= 4 is 6.09 Å². The number of fused-ring (bicyclic) bond motifs is 3. The van der Waals surface area contributed by atoms with E-state index in [2.05, 4.69) is 5.32 Å². The summed E-state index contributed by atoms with van der Waals surface area (Å²) in [5.74, 6) is 0. The average Bonchev–Trinajstić information content (AvgIpc) is 2.28. The fourth-order valence-electron chi connectivity index (χ4n) is 3.17. The van der Waals surface area contributed by atoms with Crippen molar-refractivity contribution < 1.29 is 14.3 Å². The molecule has 0 aromatic rings. The van der Waals surface area contributed by atoms with Crippen LogP contribution in [0.4, 0.5) is 4.79 Å². The first-order valence-corrected chi connectivity index (χ1v) is 6.85. The summed E-state index contributed by atoms with van der Waals surface area (Å²) in [6, 6.07) is 0. The Hall–Kier alpha value is -0.770. The molecule has 0 saturated heterocycles. The van der Waals surface area contributed by atoms with Crippen LogP contribution < -0.4 is 5.32 Å². The molecule has 3 aliphatic carbocycles. The summed E-state index contributed by atoms with van der Waals surface area (Å²) in [6.07, 6.45) is 5.84. The zero-order valence-electron chi connectivity index (χ0n) is 12.0. The third kappa shape index (κ3) is 2.79. The summed E-state index contributed by atoms with van der Waals surface area (Å²) < 4.78 is 11.0. The minimum Gasteiger partial charge on any atom is -0.444 e. The lowest BCUT2D eigenvalue weighted by atomic mass is 9.63. The van der Waals surface area contributed by atoms with Crippen molar-refractivity contribution in [2.75, 3.05) is 7.11 Å². The number of hydrogen-bond donors (Lipinski definition) is 1. The van der Waals surface area contributed by atoms with E-state index >= 15 is 0 Å². The zero-order valence-corrected chi connectivity index (χ0v) is 12.0. The van der Waals surface area contributed by atoms with Crippen molar-refractivity contribution in [2.45, 2.75) is 76.0 Å². The summed E-state index contributed by atoms with van der Waals surface area (Å²) in [5.41, 5.74) is -0.402. The monoisotopic (exact) mass is 255 g/mol. The topological polar surface area (TPSA) is 47.6 Å². The van der Waals surface area contributed by atoms with Gasteiger partial charge in [0, 0.05) is 12.6 Å². The SMILES string of the molecule is COC12CCC(NC(=O)OC(C)(C)C)(CC1)CC2. The molecule has 0 aliphatic heterocycles. The Morgan fingerprint density at radius 1 is 1.06 bits per heavy atom. The Morgan fingerprint density at radius 3 is 1.94 bits per heavy atom. The van der Waals surface area contributed by atoms with Crippen molar-refractivity contribution in [1.82, 2.24) is 5.32 Å². The van der Waals surface area contributed by atoms with Crippen LogP contribution in [0.5, 0.6) is 0 Å². The zero-order chi connectivity index (χ0) is 13.4. The molecule has 1 N–H and O–H groups in total. The molecular weight excluding hydrogens is 230 g/mol. The fourth-order valence-corrected chi connectivity index (χ4v) is 3.17. The standard InChI is InChI=1S/C14H25NO3/c1-12(2,3)18-11(16)15-13-5-8-14(17-4,9-6-13)10-7-13/h5-10H2,1-4H3,(H,15,16). The van der Waals surface area contributed by atoms with Crippen molar-refractivity contribution in [2.24, 2.45) is 0 Å². The number of nitrogens with one attached hydrogen (secondary N) is 1. The molecule has 104 valence electrons. The number of rotatable bonds is 2. The molecule has 0 aromatic carbocycles. The van der Waals surface area contributed by atoms with Gasteiger partial charge in [-0.2, -0.15) is 0 Å².